The van der Waals surface area contributed by atoms with E-state index in [1.165, 1.54) is 0 Å². The summed E-state index contributed by atoms with van der Waals surface area (Å²) < 4.78 is 10.0. The van der Waals surface area contributed by atoms with Crippen molar-refractivity contribution < 1.29 is 14.3 Å². The van der Waals surface area contributed by atoms with E-state index in [2.05, 4.69) is 5.32 Å². The summed E-state index contributed by atoms with van der Waals surface area (Å²) in [6, 6.07) is 9.11. The Morgan fingerprint density at radius 1 is 1.19 bits per heavy atom. The fraction of sp³-hybridized carbons (Fsp3) is 0.417. The number of hydrogen-bond acceptors (Lipinski definition) is 3. The fourth-order valence-corrected chi connectivity index (χ4v) is 1.17. The molecule has 0 unspecified atom stereocenters. The zero-order valence-corrected chi connectivity index (χ0v) is 9.44. The Balaban J connectivity index is 2.12. The molecule has 0 heterocycles. The number of rotatable bonds is 7. The summed E-state index contributed by atoms with van der Waals surface area (Å²) in [4.78, 5) is 11.5. The monoisotopic (exact) mass is 223 g/mol. The highest BCUT2D eigenvalue weighted by Crippen LogP contribution is 1.97. The van der Waals surface area contributed by atoms with Gasteiger partial charge in [0.1, 0.15) is 0 Å². The molecule has 0 radical (unpaired) electrons. The van der Waals surface area contributed by atoms with Crippen molar-refractivity contribution in [2.24, 2.45) is 0 Å². The van der Waals surface area contributed by atoms with Crippen LogP contribution in [-0.4, -0.2) is 39.4 Å². The van der Waals surface area contributed by atoms with Crippen molar-refractivity contribution in [2.75, 3.05) is 33.5 Å². The third-order valence-corrected chi connectivity index (χ3v) is 2.00. The highest BCUT2D eigenvalue weighted by molar-refractivity contribution is 5.94. The minimum atomic E-state index is -0.0732. The number of ether oxygens (including phenoxy) is 2. The van der Waals surface area contributed by atoms with Crippen molar-refractivity contribution in [3.8, 4) is 0 Å². The Hall–Kier alpha value is -1.39. The lowest BCUT2D eigenvalue weighted by molar-refractivity contribution is 0.0692. The molecule has 1 rings (SSSR count). The van der Waals surface area contributed by atoms with E-state index in [-0.39, 0.29) is 5.91 Å². The van der Waals surface area contributed by atoms with Crippen LogP contribution in [0.4, 0.5) is 0 Å². The van der Waals surface area contributed by atoms with Gasteiger partial charge >= 0.3 is 0 Å². The first kappa shape index (κ1) is 12.7. The van der Waals surface area contributed by atoms with Crippen LogP contribution in [0.3, 0.4) is 0 Å². The Morgan fingerprint density at radius 3 is 2.62 bits per heavy atom. The molecule has 4 nitrogen and oxygen atoms in total. The minimum absolute atomic E-state index is 0.0732. The summed E-state index contributed by atoms with van der Waals surface area (Å²) in [5.41, 5.74) is 0.666. The zero-order chi connectivity index (χ0) is 11.6. The number of methoxy groups -OCH3 is 1. The van der Waals surface area contributed by atoms with E-state index >= 15 is 0 Å². The van der Waals surface area contributed by atoms with Crippen LogP contribution < -0.4 is 5.32 Å². The maximum Gasteiger partial charge on any atom is 0.251 e. The summed E-state index contributed by atoms with van der Waals surface area (Å²) in [6.45, 7) is 2.14. The van der Waals surface area contributed by atoms with Gasteiger partial charge in [0.2, 0.25) is 0 Å². The predicted molar refractivity (Wildman–Crippen MR) is 61.5 cm³/mol. The van der Waals surface area contributed by atoms with Gasteiger partial charge in [0.15, 0.2) is 0 Å². The predicted octanol–water partition coefficient (Wildman–Crippen LogP) is 1.08. The van der Waals surface area contributed by atoms with Crippen LogP contribution in [0.5, 0.6) is 0 Å². The Kier molecular flexibility index (Phi) is 6.22. The number of nitrogens with one attached hydrogen (secondary N) is 1. The molecule has 0 saturated heterocycles. The summed E-state index contributed by atoms with van der Waals surface area (Å²) in [5, 5.41) is 2.77. The highest BCUT2D eigenvalue weighted by Gasteiger charge is 2.02. The Bertz CT molecular complexity index is 300. The molecule has 1 aromatic rings. The van der Waals surface area contributed by atoms with Crippen LogP contribution in [-0.2, 0) is 9.47 Å². The van der Waals surface area contributed by atoms with Crippen LogP contribution in [0, 0.1) is 0 Å². The SMILES string of the molecule is COCCOCCNC(=O)c1ccccc1. The molecule has 0 spiro atoms. The largest absolute Gasteiger partial charge is 0.382 e. The molecule has 0 aliphatic rings. The van der Waals surface area contributed by atoms with Crippen molar-refractivity contribution in [3.05, 3.63) is 35.9 Å². The van der Waals surface area contributed by atoms with Crippen molar-refractivity contribution >= 4 is 5.91 Å². The molecule has 1 N–H and O–H groups in total. The number of benzene rings is 1. The van der Waals surface area contributed by atoms with Crippen LogP contribution in [0.1, 0.15) is 10.4 Å². The maximum atomic E-state index is 11.5. The lowest BCUT2D eigenvalue weighted by atomic mass is 10.2. The molecule has 0 atom stereocenters. The third kappa shape index (κ3) is 4.91. The molecule has 0 aliphatic heterocycles. The van der Waals surface area contributed by atoms with E-state index in [1.54, 1.807) is 19.2 Å². The zero-order valence-electron chi connectivity index (χ0n) is 9.44. The molecule has 1 amide bonds. The van der Waals surface area contributed by atoms with Crippen LogP contribution in [0.2, 0.25) is 0 Å². The third-order valence-electron chi connectivity index (χ3n) is 2.00. The van der Waals surface area contributed by atoms with E-state index in [4.69, 9.17) is 9.47 Å². The van der Waals surface area contributed by atoms with Gasteiger partial charge in [-0.2, -0.15) is 0 Å². The average molecular weight is 223 g/mol. The second-order valence-corrected chi connectivity index (χ2v) is 3.23. The molecule has 0 saturated carbocycles. The molecule has 16 heavy (non-hydrogen) atoms. The van der Waals surface area contributed by atoms with E-state index in [0.29, 0.717) is 31.9 Å². The van der Waals surface area contributed by atoms with Gasteiger partial charge in [-0.15, -0.1) is 0 Å². The number of amides is 1. The first-order valence-corrected chi connectivity index (χ1v) is 5.24. The standard InChI is InChI=1S/C12H17NO3/c1-15-9-10-16-8-7-13-12(14)11-5-3-2-4-6-11/h2-6H,7-10H2,1H3,(H,13,14). The van der Waals surface area contributed by atoms with E-state index < -0.39 is 0 Å². The molecule has 0 fully saturated rings. The van der Waals surface area contributed by atoms with Gasteiger partial charge in [-0.1, -0.05) is 18.2 Å². The van der Waals surface area contributed by atoms with E-state index in [1.807, 2.05) is 18.2 Å². The van der Waals surface area contributed by atoms with Crippen LogP contribution in [0.25, 0.3) is 0 Å². The second kappa shape index (κ2) is 7.84. The van der Waals surface area contributed by atoms with Gasteiger partial charge in [0.05, 0.1) is 19.8 Å². The van der Waals surface area contributed by atoms with Crippen molar-refractivity contribution in [3.63, 3.8) is 0 Å². The van der Waals surface area contributed by atoms with E-state index in [0.717, 1.165) is 0 Å². The lowest BCUT2D eigenvalue weighted by Crippen LogP contribution is -2.27. The fourth-order valence-electron chi connectivity index (χ4n) is 1.17. The van der Waals surface area contributed by atoms with Gasteiger partial charge < -0.3 is 14.8 Å². The molecule has 0 bridgehead atoms. The van der Waals surface area contributed by atoms with Crippen molar-refractivity contribution in [1.82, 2.24) is 5.32 Å². The molecule has 4 heteroatoms. The van der Waals surface area contributed by atoms with Gasteiger partial charge in [0, 0.05) is 19.2 Å². The summed E-state index contributed by atoms with van der Waals surface area (Å²) >= 11 is 0. The molecule has 0 aliphatic carbocycles. The van der Waals surface area contributed by atoms with E-state index in [9.17, 15) is 4.79 Å². The summed E-state index contributed by atoms with van der Waals surface area (Å²) in [5.74, 6) is -0.0732. The topological polar surface area (TPSA) is 47.6 Å². The molecular weight excluding hydrogens is 206 g/mol. The first-order chi connectivity index (χ1) is 7.84. The molecule has 88 valence electrons. The van der Waals surface area contributed by atoms with Crippen LogP contribution in [0.15, 0.2) is 30.3 Å². The normalized spacial score (nSPS) is 10.1. The number of carbonyl (C=O) groups excluding carboxylic acids is 1. The summed E-state index contributed by atoms with van der Waals surface area (Å²) in [7, 11) is 1.63. The van der Waals surface area contributed by atoms with Crippen LogP contribution >= 0.6 is 0 Å². The Labute approximate surface area is 95.6 Å². The number of hydrogen-bond donors (Lipinski definition) is 1. The van der Waals surface area contributed by atoms with Gasteiger partial charge in [-0.25, -0.2) is 0 Å². The maximum absolute atomic E-state index is 11.5. The molecule has 1 aromatic carbocycles. The average Bonchev–Trinajstić information content (AvgIpc) is 2.34. The van der Waals surface area contributed by atoms with Gasteiger partial charge in [-0.05, 0) is 12.1 Å². The van der Waals surface area contributed by atoms with Gasteiger partial charge in [0.25, 0.3) is 5.91 Å². The molecule has 0 aromatic heterocycles. The second-order valence-electron chi connectivity index (χ2n) is 3.23. The minimum Gasteiger partial charge on any atom is -0.382 e. The first-order valence-electron chi connectivity index (χ1n) is 5.24. The molecular formula is C12H17NO3. The Morgan fingerprint density at radius 2 is 1.94 bits per heavy atom. The quantitative estimate of drug-likeness (QED) is 0.704. The van der Waals surface area contributed by atoms with Gasteiger partial charge in [-0.3, -0.25) is 4.79 Å². The van der Waals surface area contributed by atoms with Crippen molar-refractivity contribution in [2.45, 2.75) is 0 Å². The number of carbonyl (C=O) groups is 1. The summed E-state index contributed by atoms with van der Waals surface area (Å²) in [6.07, 6.45) is 0. The van der Waals surface area contributed by atoms with Crippen molar-refractivity contribution in [1.29, 1.82) is 0 Å². The smallest absolute Gasteiger partial charge is 0.251 e. The highest BCUT2D eigenvalue weighted by atomic mass is 16.5. The lowest BCUT2D eigenvalue weighted by Gasteiger charge is -2.05.